The van der Waals surface area contributed by atoms with Crippen molar-refractivity contribution in [2.45, 2.75) is 13.3 Å². The summed E-state index contributed by atoms with van der Waals surface area (Å²) in [4.78, 5) is 23.1. The van der Waals surface area contributed by atoms with Gasteiger partial charge in [-0.2, -0.15) is 0 Å². The van der Waals surface area contributed by atoms with Gasteiger partial charge in [0.1, 0.15) is 5.82 Å². The molecule has 122 valence electrons. The maximum absolute atomic E-state index is 11.4. The molecule has 24 heavy (non-hydrogen) atoms. The molecule has 1 fully saturated rings. The van der Waals surface area contributed by atoms with Gasteiger partial charge >= 0.3 is 0 Å². The van der Waals surface area contributed by atoms with Crippen LogP contribution in [0.1, 0.15) is 11.3 Å². The van der Waals surface area contributed by atoms with Gasteiger partial charge in [-0.3, -0.25) is 4.79 Å². The van der Waals surface area contributed by atoms with Gasteiger partial charge in [0, 0.05) is 35.7 Å². The van der Waals surface area contributed by atoms with E-state index >= 15 is 0 Å². The molecular formula is C18H18N4OS. The molecule has 0 saturated carbocycles. The highest BCUT2D eigenvalue weighted by atomic mass is 32.1. The number of anilines is 1. The fourth-order valence-corrected chi connectivity index (χ4v) is 3.73. The normalized spacial score (nSPS) is 17.2. The Balaban J connectivity index is 1.68. The number of aromatic nitrogens is 2. The number of thiophene rings is 1. The topological polar surface area (TPSA) is 66.9 Å². The second-order valence-corrected chi connectivity index (χ2v) is 7.37. The van der Waals surface area contributed by atoms with Crippen LogP contribution in [0.15, 0.2) is 36.4 Å². The monoisotopic (exact) mass is 338 g/mol. The van der Waals surface area contributed by atoms with E-state index < -0.39 is 0 Å². The maximum atomic E-state index is 11.4. The predicted octanol–water partition coefficient (Wildman–Crippen LogP) is 3.21. The van der Waals surface area contributed by atoms with Crippen LogP contribution in [-0.4, -0.2) is 29.0 Å². The van der Waals surface area contributed by atoms with Crippen molar-refractivity contribution in [2.75, 3.05) is 18.4 Å². The summed E-state index contributed by atoms with van der Waals surface area (Å²) in [5, 5.41) is 7.31. The molecule has 0 spiro atoms. The number of nitrogens with one attached hydrogen (secondary N) is 2. The Morgan fingerprint density at radius 2 is 2.12 bits per heavy atom. The van der Waals surface area contributed by atoms with Crippen molar-refractivity contribution in [1.29, 1.82) is 0 Å². The van der Waals surface area contributed by atoms with Gasteiger partial charge in [0.15, 0.2) is 5.82 Å². The quantitative estimate of drug-likeness (QED) is 0.766. The van der Waals surface area contributed by atoms with Crippen LogP contribution in [0.2, 0.25) is 0 Å². The number of nitrogens with zero attached hydrogens (tertiary/aromatic N) is 2. The summed E-state index contributed by atoms with van der Waals surface area (Å²) >= 11 is 1.69. The first kappa shape index (κ1) is 15.1. The van der Waals surface area contributed by atoms with Crippen LogP contribution in [0, 0.1) is 12.8 Å². The fourth-order valence-electron chi connectivity index (χ4n) is 2.93. The van der Waals surface area contributed by atoms with Crippen LogP contribution < -0.4 is 10.6 Å². The molecule has 3 aromatic rings. The Morgan fingerprint density at radius 1 is 1.25 bits per heavy atom. The standard InChI is InChI=1S/C18H18N4OS/c1-11-6-7-15(24-11)18-21-14-5-3-2-4-13(14)17(22-18)20-10-12-8-16(23)19-9-12/h2-7,12H,8-10H2,1H3,(H,19,23)(H,20,21,22). The van der Waals surface area contributed by atoms with Crippen LogP contribution >= 0.6 is 11.3 Å². The molecule has 2 aromatic heterocycles. The molecule has 1 aliphatic heterocycles. The zero-order valence-electron chi connectivity index (χ0n) is 13.4. The van der Waals surface area contributed by atoms with Gasteiger partial charge in [0.2, 0.25) is 5.91 Å². The molecule has 5 nitrogen and oxygen atoms in total. The largest absolute Gasteiger partial charge is 0.369 e. The lowest BCUT2D eigenvalue weighted by Gasteiger charge is -2.13. The van der Waals surface area contributed by atoms with Crippen molar-refractivity contribution < 1.29 is 4.79 Å². The zero-order valence-corrected chi connectivity index (χ0v) is 14.2. The van der Waals surface area contributed by atoms with E-state index in [-0.39, 0.29) is 5.91 Å². The molecule has 2 N–H and O–H groups in total. The number of benzene rings is 1. The van der Waals surface area contributed by atoms with Crippen molar-refractivity contribution in [3.8, 4) is 10.7 Å². The highest BCUT2D eigenvalue weighted by molar-refractivity contribution is 7.15. The number of para-hydroxylation sites is 1. The molecule has 1 amide bonds. The van der Waals surface area contributed by atoms with Crippen LogP contribution in [0.4, 0.5) is 5.82 Å². The number of carbonyl (C=O) groups excluding carboxylic acids is 1. The third-order valence-electron chi connectivity index (χ3n) is 4.18. The third-order valence-corrected chi connectivity index (χ3v) is 5.18. The summed E-state index contributed by atoms with van der Waals surface area (Å²) in [6, 6.07) is 12.2. The first-order valence-electron chi connectivity index (χ1n) is 8.03. The summed E-state index contributed by atoms with van der Waals surface area (Å²) < 4.78 is 0. The van der Waals surface area contributed by atoms with Gasteiger partial charge in [-0.1, -0.05) is 12.1 Å². The summed E-state index contributed by atoms with van der Waals surface area (Å²) in [5.41, 5.74) is 0.927. The van der Waals surface area contributed by atoms with Gasteiger partial charge in [-0.15, -0.1) is 11.3 Å². The smallest absolute Gasteiger partial charge is 0.220 e. The molecule has 3 heterocycles. The average molecular weight is 338 g/mol. The summed E-state index contributed by atoms with van der Waals surface area (Å²) in [7, 11) is 0. The van der Waals surface area contributed by atoms with E-state index in [1.807, 2.05) is 24.3 Å². The van der Waals surface area contributed by atoms with Crippen molar-refractivity contribution in [1.82, 2.24) is 15.3 Å². The molecule has 4 rings (SSSR count). The minimum absolute atomic E-state index is 0.129. The molecule has 0 aliphatic carbocycles. The minimum Gasteiger partial charge on any atom is -0.369 e. The van der Waals surface area contributed by atoms with Crippen molar-refractivity contribution >= 4 is 34.0 Å². The minimum atomic E-state index is 0.129. The van der Waals surface area contributed by atoms with Crippen LogP contribution in [0.25, 0.3) is 21.6 Å². The van der Waals surface area contributed by atoms with E-state index in [0.717, 1.165) is 40.5 Å². The molecule has 1 aromatic carbocycles. The Kier molecular flexibility index (Phi) is 3.90. The molecule has 1 unspecified atom stereocenters. The van der Waals surface area contributed by atoms with Crippen molar-refractivity contribution in [3.63, 3.8) is 0 Å². The van der Waals surface area contributed by atoms with E-state index in [1.165, 1.54) is 4.88 Å². The van der Waals surface area contributed by atoms with Gasteiger partial charge in [0.25, 0.3) is 0 Å². The molecule has 6 heteroatoms. The highest BCUT2D eigenvalue weighted by Crippen LogP contribution is 2.29. The van der Waals surface area contributed by atoms with E-state index in [0.29, 0.717) is 12.3 Å². The lowest BCUT2D eigenvalue weighted by atomic mass is 10.1. The van der Waals surface area contributed by atoms with Crippen molar-refractivity contribution in [2.24, 2.45) is 5.92 Å². The van der Waals surface area contributed by atoms with E-state index in [4.69, 9.17) is 9.97 Å². The summed E-state index contributed by atoms with van der Waals surface area (Å²) in [5.74, 6) is 2.01. The second kappa shape index (κ2) is 6.20. The number of hydrogen-bond acceptors (Lipinski definition) is 5. The van der Waals surface area contributed by atoms with E-state index in [1.54, 1.807) is 11.3 Å². The Morgan fingerprint density at radius 3 is 2.88 bits per heavy atom. The lowest BCUT2D eigenvalue weighted by Crippen LogP contribution is -2.18. The SMILES string of the molecule is Cc1ccc(-c2nc(NCC3CNC(=O)C3)c3ccccc3n2)s1. The molecule has 0 bridgehead atoms. The van der Waals surface area contributed by atoms with Gasteiger partial charge in [-0.05, 0) is 31.2 Å². The number of hydrogen-bond donors (Lipinski definition) is 2. The number of carbonyl (C=O) groups is 1. The van der Waals surface area contributed by atoms with Crippen LogP contribution in [0.3, 0.4) is 0 Å². The number of rotatable bonds is 4. The number of amides is 1. The van der Waals surface area contributed by atoms with Crippen LogP contribution in [0.5, 0.6) is 0 Å². The Bertz CT molecular complexity index is 905. The van der Waals surface area contributed by atoms with Crippen LogP contribution in [-0.2, 0) is 4.79 Å². The molecule has 1 saturated heterocycles. The van der Waals surface area contributed by atoms with Gasteiger partial charge < -0.3 is 10.6 Å². The molecule has 0 radical (unpaired) electrons. The van der Waals surface area contributed by atoms with E-state index in [2.05, 4.69) is 29.7 Å². The molecule has 1 atom stereocenters. The van der Waals surface area contributed by atoms with Gasteiger partial charge in [-0.25, -0.2) is 9.97 Å². The van der Waals surface area contributed by atoms with Crippen molar-refractivity contribution in [3.05, 3.63) is 41.3 Å². The first-order valence-corrected chi connectivity index (χ1v) is 8.85. The summed E-state index contributed by atoms with van der Waals surface area (Å²) in [6.45, 7) is 3.53. The number of aryl methyl sites for hydroxylation is 1. The Hall–Kier alpha value is -2.47. The number of fused-ring (bicyclic) bond motifs is 1. The second-order valence-electron chi connectivity index (χ2n) is 6.08. The lowest BCUT2D eigenvalue weighted by molar-refractivity contribution is -0.119. The zero-order chi connectivity index (χ0) is 16.5. The van der Waals surface area contributed by atoms with E-state index in [9.17, 15) is 4.79 Å². The fraction of sp³-hybridized carbons (Fsp3) is 0.278. The highest BCUT2D eigenvalue weighted by Gasteiger charge is 2.21. The summed E-state index contributed by atoms with van der Waals surface area (Å²) in [6.07, 6.45) is 0.576. The molecule has 1 aliphatic rings. The maximum Gasteiger partial charge on any atom is 0.220 e. The Labute approximate surface area is 144 Å². The molecular weight excluding hydrogens is 320 g/mol. The third kappa shape index (κ3) is 2.97. The first-order chi connectivity index (χ1) is 11.7. The predicted molar refractivity (Wildman–Crippen MR) is 97.2 cm³/mol. The van der Waals surface area contributed by atoms with Gasteiger partial charge in [0.05, 0.1) is 10.4 Å². The average Bonchev–Trinajstić information content (AvgIpc) is 3.21.